The van der Waals surface area contributed by atoms with E-state index in [9.17, 15) is 4.91 Å². The number of benzene rings is 2. The molecule has 122 valence electrons. The number of rotatable bonds is 3. The lowest BCUT2D eigenvalue weighted by Gasteiger charge is -2.09. The van der Waals surface area contributed by atoms with Gasteiger partial charge in [0.1, 0.15) is 23.7 Å². The van der Waals surface area contributed by atoms with Crippen molar-refractivity contribution in [2.75, 3.05) is 5.73 Å². The Morgan fingerprint density at radius 2 is 1.92 bits per heavy atom. The number of aryl methyl sites for hydroxylation is 1. The number of fused-ring (bicyclic) bond motifs is 1. The van der Waals surface area contributed by atoms with Gasteiger partial charge in [0.2, 0.25) is 0 Å². The Bertz CT molecular complexity index is 1100. The topological polar surface area (TPSA) is 86.2 Å². The Labute approximate surface area is 143 Å². The van der Waals surface area contributed by atoms with Gasteiger partial charge in [-0.15, -0.1) is 4.91 Å². The molecule has 0 amide bonds. The van der Waals surface area contributed by atoms with E-state index in [1.54, 1.807) is 18.2 Å². The lowest BCUT2D eigenvalue weighted by Crippen LogP contribution is -1.99. The summed E-state index contributed by atoms with van der Waals surface area (Å²) in [5.74, 6) is 1.13. The first-order valence-electron chi connectivity index (χ1n) is 7.79. The van der Waals surface area contributed by atoms with Crippen molar-refractivity contribution >= 4 is 22.4 Å². The number of hydrogen-bond donors (Lipinski definition) is 1. The van der Waals surface area contributed by atoms with Crippen LogP contribution < -0.4 is 5.73 Å². The quantitative estimate of drug-likeness (QED) is 0.565. The fourth-order valence-electron chi connectivity index (χ4n) is 2.97. The highest BCUT2D eigenvalue weighted by molar-refractivity contribution is 5.87. The minimum absolute atomic E-state index is 0.416. The first kappa shape index (κ1) is 15.0. The molecule has 2 N–H and O–H groups in total. The molecule has 0 aliphatic heterocycles. The lowest BCUT2D eigenvalue weighted by atomic mass is 9.99. The van der Waals surface area contributed by atoms with Crippen LogP contribution in [0.3, 0.4) is 0 Å². The van der Waals surface area contributed by atoms with Crippen LogP contribution in [0, 0.1) is 11.8 Å². The highest BCUT2D eigenvalue weighted by Gasteiger charge is 2.09. The summed E-state index contributed by atoms with van der Waals surface area (Å²) in [6.07, 6.45) is 3.40. The maximum absolute atomic E-state index is 10.9. The Kier molecular flexibility index (Phi) is 3.50. The fraction of sp³-hybridized carbons (Fsp3) is 0.0526. The maximum Gasteiger partial charge on any atom is 0.142 e. The summed E-state index contributed by atoms with van der Waals surface area (Å²) in [6, 6.07) is 15.3. The molecule has 0 unspecified atom stereocenters. The van der Waals surface area contributed by atoms with Gasteiger partial charge in [0.25, 0.3) is 0 Å². The second-order valence-electron chi connectivity index (χ2n) is 5.85. The van der Waals surface area contributed by atoms with Gasteiger partial charge in [-0.25, -0.2) is 9.97 Å². The maximum atomic E-state index is 10.9. The van der Waals surface area contributed by atoms with E-state index in [4.69, 9.17) is 5.73 Å². The van der Waals surface area contributed by atoms with Gasteiger partial charge in [0, 0.05) is 17.6 Å². The van der Waals surface area contributed by atoms with Crippen molar-refractivity contribution in [1.82, 2.24) is 14.5 Å². The van der Waals surface area contributed by atoms with E-state index in [2.05, 4.69) is 21.2 Å². The summed E-state index contributed by atoms with van der Waals surface area (Å²) in [5.41, 5.74) is 10.3. The van der Waals surface area contributed by atoms with E-state index in [1.807, 2.05) is 42.0 Å². The van der Waals surface area contributed by atoms with E-state index >= 15 is 0 Å². The molecule has 0 aliphatic carbocycles. The lowest BCUT2D eigenvalue weighted by molar-refractivity contribution is 1.01. The number of anilines is 1. The third-order valence-electron chi connectivity index (χ3n) is 4.25. The summed E-state index contributed by atoms with van der Waals surface area (Å²) in [7, 11) is 0. The molecule has 0 bridgehead atoms. The molecule has 0 spiro atoms. The monoisotopic (exact) mass is 329 g/mol. The van der Waals surface area contributed by atoms with Crippen molar-refractivity contribution < 1.29 is 0 Å². The minimum Gasteiger partial charge on any atom is -0.384 e. The minimum atomic E-state index is 0.416. The SMILES string of the molecule is Cc1ccc(N=O)cc1-c1ccc2ccn(-c3cc(N)ncn3)c2c1. The van der Waals surface area contributed by atoms with Gasteiger partial charge in [-0.2, -0.15) is 0 Å². The highest BCUT2D eigenvalue weighted by Crippen LogP contribution is 2.31. The second-order valence-corrected chi connectivity index (χ2v) is 5.85. The van der Waals surface area contributed by atoms with Crippen LogP contribution in [-0.2, 0) is 0 Å². The zero-order valence-electron chi connectivity index (χ0n) is 13.5. The van der Waals surface area contributed by atoms with E-state index < -0.39 is 0 Å². The Morgan fingerprint density at radius 1 is 1.04 bits per heavy atom. The van der Waals surface area contributed by atoms with Crippen LogP contribution in [0.1, 0.15) is 5.56 Å². The largest absolute Gasteiger partial charge is 0.384 e. The number of nitrogens with zero attached hydrogens (tertiary/aromatic N) is 4. The molecule has 0 radical (unpaired) electrons. The zero-order chi connectivity index (χ0) is 17.4. The highest BCUT2D eigenvalue weighted by atomic mass is 16.3. The predicted octanol–water partition coefficient (Wildman–Crippen LogP) is 4.38. The molecular weight excluding hydrogens is 314 g/mol. The van der Waals surface area contributed by atoms with Crippen LogP contribution in [0.15, 0.2) is 66.2 Å². The molecule has 6 heteroatoms. The summed E-state index contributed by atoms with van der Waals surface area (Å²) in [6.45, 7) is 2.01. The molecule has 4 rings (SSSR count). The van der Waals surface area contributed by atoms with Gasteiger partial charge in [-0.3, -0.25) is 0 Å². The summed E-state index contributed by atoms with van der Waals surface area (Å²) in [4.78, 5) is 19.1. The number of nitrogen functional groups attached to an aromatic ring is 1. The second kappa shape index (κ2) is 5.83. The van der Waals surface area contributed by atoms with Gasteiger partial charge in [-0.1, -0.05) is 18.2 Å². The first-order chi connectivity index (χ1) is 12.2. The molecule has 0 saturated carbocycles. The molecule has 0 saturated heterocycles. The van der Waals surface area contributed by atoms with Crippen LogP contribution in [0.2, 0.25) is 0 Å². The van der Waals surface area contributed by atoms with E-state index in [1.165, 1.54) is 6.33 Å². The molecule has 25 heavy (non-hydrogen) atoms. The number of aromatic nitrogens is 3. The van der Waals surface area contributed by atoms with Gasteiger partial charge >= 0.3 is 0 Å². The Balaban J connectivity index is 1.91. The molecule has 0 aliphatic rings. The molecule has 0 fully saturated rings. The van der Waals surface area contributed by atoms with Crippen LogP contribution in [-0.4, -0.2) is 14.5 Å². The standard InChI is InChI=1S/C19H15N5O/c1-12-2-5-15(23-25)9-16(12)14-4-3-13-6-7-24(17(13)8-14)19-10-18(20)21-11-22-19/h2-11H,1H3,(H2,20,21,22). The Hall–Kier alpha value is -3.54. The summed E-state index contributed by atoms with van der Waals surface area (Å²) in [5, 5.41) is 4.13. The van der Waals surface area contributed by atoms with Gasteiger partial charge in [0.15, 0.2) is 0 Å². The number of nitroso groups, excluding NO2 is 1. The molecule has 6 nitrogen and oxygen atoms in total. The van der Waals surface area contributed by atoms with Crippen molar-refractivity contribution in [3.05, 3.63) is 71.5 Å². The van der Waals surface area contributed by atoms with Gasteiger partial charge < -0.3 is 10.3 Å². The van der Waals surface area contributed by atoms with Crippen LogP contribution >= 0.6 is 0 Å². The average molecular weight is 329 g/mol. The van der Waals surface area contributed by atoms with E-state index in [0.717, 1.165) is 27.6 Å². The summed E-state index contributed by atoms with van der Waals surface area (Å²) >= 11 is 0. The predicted molar refractivity (Wildman–Crippen MR) is 98.9 cm³/mol. The third-order valence-corrected chi connectivity index (χ3v) is 4.25. The third kappa shape index (κ3) is 2.63. The van der Waals surface area contributed by atoms with Crippen molar-refractivity contribution in [2.45, 2.75) is 6.92 Å². The molecule has 0 atom stereocenters. The Morgan fingerprint density at radius 3 is 2.72 bits per heavy atom. The first-order valence-corrected chi connectivity index (χ1v) is 7.79. The number of nitrogens with two attached hydrogens (primary N) is 1. The molecule has 2 heterocycles. The van der Waals surface area contributed by atoms with Gasteiger partial charge in [-0.05, 0) is 53.1 Å². The molecule has 2 aromatic heterocycles. The van der Waals surface area contributed by atoms with E-state index in [0.29, 0.717) is 17.3 Å². The van der Waals surface area contributed by atoms with E-state index in [-0.39, 0.29) is 0 Å². The van der Waals surface area contributed by atoms with Crippen molar-refractivity contribution in [3.8, 4) is 16.9 Å². The molecular formula is C19H15N5O. The average Bonchev–Trinajstić information content (AvgIpc) is 3.05. The molecule has 4 aromatic rings. The zero-order valence-corrected chi connectivity index (χ0v) is 13.5. The van der Waals surface area contributed by atoms with Gasteiger partial charge in [0.05, 0.1) is 5.52 Å². The number of hydrogen-bond acceptors (Lipinski definition) is 5. The van der Waals surface area contributed by atoms with Crippen molar-refractivity contribution in [3.63, 3.8) is 0 Å². The van der Waals surface area contributed by atoms with Crippen LogP contribution in [0.25, 0.3) is 27.8 Å². The fourth-order valence-corrected chi connectivity index (χ4v) is 2.97. The van der Waals surface area contributed by atoms with Crippen molar-refractivity contribution in [1.29, 1.82) is 0 Å². The van der Waals surface area contributed by atoms with Crippen molar-refractivity contribution in [2.24, 2.45) is 5.18 Å². The van der Waals surface area contributed by atoms with Crippen LogP contribution in [0.5, 0.6) is 0 Å². The molecule has 2 aromatic carbocycles. The smallest absolute Gasteiger partial charge is 0.142 e. The normalized spacial score (nSPS) is 10.9. The van der Waals surface area contributed by atoms with Crippen LogP contribution in [0.4, 0.5) is 11.5 Å². The summed E-state index contributed by atoms with van der Waals surface area (Å²) < 4.78 is 1.97.